The maximum atomic E-state index is 12.0. The van der Waals surface area contributed by atoms with Crippen molar-refractivity contribution < 1.29 is 9.53 Å². The number of hydrogen-bond acceptors (Lipinski definition) is 3. The van der Waals surface area contributed by atoms with Crippen LogP contribution in [0.5, 0.6) is 0 Å². The molecule has 2 aliphatic rings. The van der Waals surface area contributed by atoms with Crippen molar-refractivity contribution in [3.05, 3.63) is 0 Å². The van der Waals surface area contributed by atoms with Crippen LogP contribution in [-0.4, -0.2) is 31.7 Å². The molecule has 0 aromatic heterocycles. The Kier molecular flexibility index (Phi) is 7.73. The van der Waals surface area contributed by atoms with Crippen LogP contribution < -0.4 is 11.1 Å². The molecule has 5 heteroatoms. The zero-order valence-corrected chi connectivity index (χ0v) is 12.4. The lowest BCUT2D eigenvalue weighted by atomic mass is 9.95. The number of nitrogens with two attached hydrogens (primary N) is 1. The monoisotopic (exact) mass is 290 g/mol. The van der Waals surface area contributed by atoms with Gasteiger partial charge in [0.05, 0.1) is 12.7 Å². The molecule has 2 atom stereocenters. The van der Waals surface area contributed by atoms with Crippen LogP contribution in [-0.2, 0) is 9.53 Å². The maximum Gasteiger partial charge on any atom is 0.223 e. The van der Waals surface area contributed by atoms with Crippen molar-refractivity contribution in [1.82, 2.24) is 5.32 Å². The summed E-state index contributed by atoms with van der Waals surface area (Å²) in [5.74, 6) is 0.709. The van der Waals surface area contributed by atoms with Gasteiger partial charge < -0.3 is 15.8 Å². The van der Waals surface area contributed by atoms with Crippen LogP contribution in [0.25, 0.3) is 0 Å². The summed E-state index contributed by atoms with van der Waals surface area (Å²) in [5, 5.41) is 2.99. The third kappa shape index (κ3) is 4.93. The molecule has 0 saturated heterocycles. The fraction of sp³-hybridized carbons (Fsp3) is 0.929. The number of carbonyl (C=O) groups is 1. The Balaban J connectivity index is 0.00000180. The second-order valence-corrected chi connectivity index (χ2v) is 5.60. The van der Waals surface area contributed by atoms with Crippen LogP contribution >= 0.6 is 12.4 Å². The van der Waals surface area contributed by atoms with Crippen molar-refractivity contribution in [1.29, 1.82) is 0 Å². The lowest BCUT2D eigenvalue weighted by Crippen LogP contribution is -2.37. The first-order valence-electron chi connectivity index (χ1n) is 7.40. The van der Waals surface area contributed by atoms with Crippen LogP contribution in [0.1, 0.15) is 44.9 Å². The van der Waals surface area contributed by atoms with Gasteiger partial charge >= 0.3 is 0 Å². The number of amides is 1. The molecule has 2 rings (SSSR count). The van der Waals surface area contributed by atoms with E-state index in [4.69, 9.17) is 10.5 Å². The Hall–Kier alpha value is -0.320. The summed E-state index contributed by atoms with van der Waals surface area (Å²) >= 11 is 0. The van der Waals surface area contributed by atoms with E-state index in [1.54, 1.807) is 0 Å². The Morgan fingerprint density at radius 1 is 1.16 bits per heavy atom. The molecule has 3 N–H and O–H groups in total. The first kappa shape index (κ1) is 16.7. The minimum atomic E-state index is 0. The van der Waals surface area contributed by atoms with Gasteiger partial charge in [0, 0.05) is 12.5 Å². The van der Waals surface area contributed by atoms with Gasteiger partial charge in [0.1, 0.15) is 0 Å². The summed E-state index contributed by atoms with van der Waals surface area (Å²) in [4.78, 5) is 12.0. The fourth-order valence-corrected chi connectivity index (χ4v) is 3.25. The van der Waals surface area contributed by atoms with E-state index in [0.29, 0.717) is 31.7 Å². The van der Waals surface area contributed by atoms with Gasteiger partial charge in [0.2, 0.25) is 5.91 Å². The highest BCUT2D eigenvalue weighted by Gasteiger charge is 2.31. The predicted octanol–water partition coefficient (Wildman–Crippen LogP) is 1.86. The summed E-state index contributed by atoms with van der Waals surface area (Å²) in [6.45, 7) is 1.93. The van der Waals surface area contributed by atoms with Crippen molar-refractivity contribution >= 4 is 18.3 Å². The van der Waals surface area contributed by atoms with E-state index in [1.165, 1.54) is 25.7 Å². The lowest BCUT2D eigenvalue weighted by Gasteiger charge is -2.18. The molecule has 0 aromatic rings. The third-order valence-electron chi connectivity index (χ3n) is 4.36. The number of ether oxygens (including phenoxy) is 1. The van der Waals surface area contributed by atoms with Crippen molar-refractivity contribution in [3.63, 3.8) is 0 Å². The summed E-state index contributed by atoms with van der Waals surface area (Å²) in [5.41, 5.74) is 5.69. The molecule has 0 radical (unpaired) electrons. The minimum absolute atomic E-state index is 0. The molecule has 0 heterocycles. The van der Waals surface area contributed by atoms with Crippen LogP contribution in [0.15, 0.2) is 0 Å². The van der Waals surface area contributed by atoms with Gasteiger partial charge in [0.25, 0.3) is 0 Å². The number of nitrogens with one attached hydrogen (secondary N) is 1. The van der Waals surface area contributed by atoms with Gasteiger partial charge in [-0.2, -0.15) is 0 Å². The average Bonchev–Trinajstić information content (AvgIpc) is 3.04. The third-order valence-corrected chi connectivity index (χ3v) is 4.36. The summed E-state index contributed by atoms with van der Waals surface area (Å²) in [7, 11) is 0. The number of halogens is 1. The molecular formula is C14H27ClN2O2. The van der Waals surface area contributed by atoms with Crippen molar-refractivity contribution in [2.45, 2.75) is 51.0 Å². The highest BCUT2D eigenvalue weighted by Crippen LogP contribution is 2.30. The molecule has 19 heavy (non-hydrogen) atoms. The fourth-order valence-electron chi connectivity index (χ4n) is 3.25. The highest BCUT2D eigenvalue weighted by molar-refractivity contribution is 5.85. The van der Waals surface area contributed by atoms with Crippen molar-refractivity contribution in [2.24, 2.45) is 17.6 Å². The second-order valence-electron chi connectivity index (χ2n) is 5.60. The Morgan fingerprint density at radius 3 is 2.58 bits per heavy atom. The molecule has 2 fully saturated rings. The maximum absolute atomic E-state index is 12.0. The molecule has 0 unspecified atom stereocenters. The number of rotatable bonds is 6. The minimum Gasteiger partial charge on any atom is -0.376 e. The molecule has 112 valence electrons. The summed E-state index contributed by atoms with van der Waals surface area (Å²) in [6.07, 6.45) is 8.62. The molecule has 1 amide bonds. The Morgan fingerprint density at radius 2 is 1.89 bits per heavy atom. The molecule has 0 aromatic carbocycles. The normalized spacial score (nSPS) is 27.2. The van der Waals surface area contributed by atoms with Gasteiger partial charge in [-0.25, -0.2) is 0 Å². The molecule has 4 nitrogen and oxygen atoms in total. The largest absolute Gasteiger partial charge is 0.376 e. The van der Waals surface area contributed by atoms with Crippen molar-refractivity contribution in [3.8, 4) is 0 Å². The van der Waals surface area contributed by atoms with E-state index in [2.05, 4.69) is 5.32 Å². The quantitative estimate of drug-likeness (QED) is 0.734. The molecule has 0 bridgehead atoms. The SMILES string of the molecule is Cl.NC[C@H]1CCC[C@H]1C(=O)NCCOC1CCCC1. The van der Waals surface area contributed by atoms with E-state index in [9.17, 15) is 4.79 Å². The first-order valence-corrected chi connectivity index (χ1v) is 7.40. The van der Waals surface area contributed by atoms with E-state index < -0.39 is 0 Å². The molecular weight excluding hydrogens is 264 g/mol. The lowest BCUT2D eigenvalue weighted by molar-refractivity contribution is -0.126. The van der Waals surface area contributed by atoms with Crippen LogP contribution in [0.2, 0.25) is 0 Å². The number of hydrogen-bond donors (Lipinski definition) is 2. The first-order chi connectivity index (χ1) is 8.81. The molecule has 0 spiro atoms. The zero-order valence-electron chi connectivity index (χ0n) is 11.6. The zero-order chi connectivity index (χ0) is 12.8. The topological polar surface area (TPSA) is 64.4 Å². The van der Waals surface area contributed by atoms with Crippen LogP contribution in [0.4, 0.5) is 0 Å². The van der Waals surface area contributed by atoms with Gasteiger partial charge in [-0.05, 0) is 38.1 Å². The van der Waals surface area contributed by atoms with E-state index >= 15 is 0 Å². The molecule has 2 saturated carbocycles. The number of carbonyl (C=O) groups excluding carboxylic acids is 1. The summed E-state index contributed by atoms with van der Waals surface area (Å²) in [6, 6.07) is 0. The highest BCUT2D eigenvalue weighted by atomic mass is 35.5. The van der Waals surface area contributed by atoms with Crippen LogP contribution in [0.3, 0.4) is 0 Å². The van der Waals surface area contributed by atoms with E-state index in [1.807, 2.05) is 0 Å². The van der Waals surface area contributed by atoms with E-state index in [0.717, 1.165) is 19.3 Å². The second kappa shape index (κ2) is 8.77. The standard InChI is InChI=1S/C14H26N2O2.ClH/c15-10-11-4-3-7-13(11)14(17)16-8-9-18-12-5-1-2-6-12;/h11-13H,1-10,15H2,(H,16,17);1H/t11-,13-;/m1./s1. The van der Waals surface area contributed by atoms with Crippen LogP contribution in [0, 0.1) is 11.8 Å². The van der Waals surface area contributed by atoms with E-state index in [-0.39, 0.29) is 24.2 Å². The predicted molar refractivity (Wildman–Crippen MR) is 78.4 cm³/mol. The smallest absolute Gasteiger partial charge is 0.223 e. The molecule has 2 aliphatic carbocycles. The average molecular weight is 291 g/mol. The van der Waals surface area contributed by atoms with Gasteiger partial charge in [-0.15, -0.1) is 12.4 Å². The van der Waals surface area contributed by atoms with Gasteiger partial charge in [-0.1, -0.05) is 19.3 Å². The van der Waals surface area contributed by atoms with Crippen molar-refractivity contribution in [2.75, 3.05) is 19.7 Å². The van der Waals surface area contributed by atoms with Gasteiger partial charge in [0.15, 0.2) is 0 Å². The summed E-state index contributed by atoms with van der Waals surface area (Å²) < 4.78 is 5.73. The Bertz CT molecular complexity index is 270. The van der Waals surface area contributed by atoms with Gasteiger partial charge in [-0.3, -0.25) is 4.79 Å². The Labute approximate surface area is 122 Å². The molecule has 0 aliphatic heterocycles.